The van der Waals surface area contributed by atoms with E-state index >= 15 is 0 Å². The summed E-state index contributed by atoms with van der Waals surface area (Å²) < 4.78 is 5.60. The highest BCUT2D eigenvalue weighted by molar-refractivity contribution is 5.54. The average Bonchev–Trinajstić information content (AvgIpc) is 2.47. The van der Waals surface area contributed by atoms with Gasteiger partial charge >= 0.3 is 5.69 Å². The highest BCUT2D eigenvalue weighted by atomic mass is 16.6. The Labute approximate surface area is 116 Å². The number of hydrogen-bond acceptors (Lipinski definition) is 6. The van der Waals surface area contributed by atoms with Crippen LogP contribution in [0, 0.1) is 27.4 Å². The van der Waals surface area contributed by atoms with E-state index in [0.717, 1.165) is 25.7 Å². The van der Waals surface area contributed by atoms with Gasteiger partial charge in [0.2, 0.25) is 0 Å². The van der Waals surface area contributed by atoms with Crippen molar-refractivity contribution >= 4 is 5.69 Å². The number of aliphatic hydroxyl groups is 1. The molecule has 1 saturated carbocycles. The smallest absolute Gasteiger partial charge is 0.348 e. The third kappa shape index (κ3) is 3.03. The molecular weight excluding hydrogens is 262 g/mol. The summed E-state index contributed by atoms with van der Waals surface area (Å²) in [6, 6.07) is 3.08. The number of pyridine rings is 1. The van der Waals surface area contributed by atoms with Crippen molar-refractivity contribution < 1.29 is 14.8 Å². The molecule has 1 aromatic rings. The van der Waals surface area contributed by atoms with E-state index in [9.17, 15) is 10.1 Å². The number of ether oxygens (including phenoxy) is 1. The fourth-order valence-electron chi connectivity index (χ4n) is 2.38. The molecule has 1 N–H and O–H groups in total. The lowest BCUT2D eigenvalue weighted by atomic mass is 9.88. The maximum atomic E-state index is 11.0. The lowest BCUT2D eigenvalue weighted by Gasteiger charge is -2.27. The van der Waals surface area contributed by atoms with Gasteiger partial charge in [-0.05, 0) is 37.7 Å². The molecule has 0 amide bonds. The fraction of sp³-hybridized carbons (Fsp3) is 0.538. The Hall–Kier alpha value is -2.20. The topological polar surface area (TPSA) is 109 Å². The largest absolute Gasteiger partial charge is 0.469 e. The van der Waals surface area contributed by atoms with E-state index < -0.39 is 4.92 Å². The summed E-state index contributed by atoms with van der Waals surface area (Å²) >= 11 is 0. The zero-order chi connectivity index (χ0) is 14.5. The van der Waals surface area contributed by atoms with Crippen LogP contribution in [0.2, 0.25) is 0 Å². The first-order valence-corrected chi connectivity index (χ1v) is 6.46. The van der Waals surface area contributed by atoms with Crippen molar-refractivity contribution in [2.75, 3.05) is 6.61 Å². The third-order valence-corrected chi connectivity index (χ3v) is 3.52. The standard InChI is InChI=1S/C13H15N3O4/c14-7-10-5-6-15-13(12(10)16(18)19)20-11-3-1-9(8-17)2-4-11/h5-6,9,11,17H,1-4,8H2. The Bertz CT molecular complexity index is 533. The molecule has 0 radical (unpaired) electrons. The van der Waals surface area contributed by atoms with Crippen molar-refractivity contribution in [3.63, 3.8) is 0 Å². The lowest BCUT2D eigenvalue weighted by Crippen LogP contribution is -2.26. The van der Waals surface area contributed by atoms with E-state index in [4.69, 9.17) is 15.1 Å². The van der Waals surface area contributed by atoms with E-state index in [1.165, 1.54) is 12.3 Å². The maximum absolute atomic E-state index is 11.0. The van der Waals surface area contributed by atoms with Crippen molar-refractivity contribution in [3.8, 4) is 11.9 Å². The SMILES string of the molecule is N#Cc1ccnc(OC2CCC(CO)CC2)c1[N+](=O)[O-]. The molecule has 2 rings (SSSR count). The van der Waals surface area contributed by atoms with Crippen LogP contribution in [0.15, 0.2) is 12.3 Å². The molecule has 0 aliphatic heterocycles. The van der Waals surface area contributed by atoms with Crippen LogP contribution < -0.4 is 4.74 Å². The minimum atomic E-state index is -0.639. The Morgan fingerprint density at radius 2 is 2.20 bits per heavy atom. The Morgan fingerprint density at radius 3 is 2.75 bits per heavy atom. The first-order chi connectivity index (χ1) is 9.65. The molecule has 0 unspecified atom stereocenters. The Kier molecular flexibility index (Phi) is 4.48. The van der Waals surface area contributed by atoms with Crippen LogP contribution in [0.25, 0.3) is 0 Å². The number of hydrogen-bond donors (Lipinski definition) is 1. The van der Waals surface area contributed by atoms with Crippen LogP contribution in [-0.4, -0.2) is 27.7 Å². The van der Waals surface area contributed by atoms with E-state index in [-0.39, 0.29) is 35.8 Å². The normalized spacial score (nSPS) is 22.0. The number of nitriles is 1. The van der Waals surface area contributed by atoms with Gasteiger partial charge in [0.1, 0.15) is 17.7 Å². The molecule has 0 spiro atoms. The monoisotopic (exact) mass is 277 g/mol. The molecule has 0 saturated heterocycles. The minimum absolute atomic E-state index is 0.0518. The molecule has 1 fully saturated rings. The highest BCUT2D eigenvalue weighted by Gasteiger charge is 2.27. The van der Waals surface area contributed by atoms with Gasteiger partial charge < -0.3 is 9.84 Å². The molecule has 7 heteroatoms. The van der Waals surface area contributed by atoms with Crippen molar-refractivity contribution in [2.45, 2.75) is 31.8 Å². The number of rotatable bonds is 4. The van der Waals surface area contributed by atoms with Crippen molar-refractivity contribution in [1.82, 2.24) is 4.98 Å². The van der Waals surface area contributed by atoms with Crippen LogP contribution in [-0.2, 0) is 0 Å². The van der Waals surface area contributed by atoms with Crippen LogP contribution in [0.5, 0.6) is 5.88 Å². The first-order valence-electron chi connectivity index (χ1n) is 6.46. The maximum Gasteiger partial charge on any atom is 0.348 e. The molecule has 1 aliphatic rings. The molecule has 1 aliphatic carbocycles. The third-order valence-electron chi connectivity index (χ3n) is 3.52. The van der Waals surface area contributed by atoms with E-state index in [2.05, 4.69) is 4.98 Å². The van der Waals surface area contributed by atoms with Crippen molar-refractivity contribution in [2.24, 2.45) is 5.92 Å². The second-order valence-electron chi connectivity index (χ2n) is 4.82. The van der Waals surface area contributed by atoms with E-state index in [1.807, 2.05) is 0 Å². The molecule has 106 valence electrons. The summed E-state index contributed by atoms with van der Waals surface area (Å²) in [4.78, 5) is 14.3. The summed E-state index contributed by atoms with van der Waals surface area (Å²) in [6.07, 6.45) is 4.28. The first kappa shape index (κ1) is 14.2. The van der Waals surface area contributed by atoms with Crippen LogP contribution in [0.4, 0.5) is 5.69 Å². The van der Waals surface area contributed by atoms with Crippen molar-refractivity contribution in [3.05, 3.63) is 27.9 Å². The quantitative estimate of drug-likeness (QED) is 0.663. The van der Waals surface area contributed by atoms with Crippen LogP contribution in [0.3, 0.4) is 0 Å². The van der Waals surface area contributed by atoms with Gasteiger partial charge in [0.25, 0.3) is 5.88 Å². The average molecular weight is 277 g/mol. The van der Waals surface area contributed by atoms with Gasteiger partial charge in [-0.15, -0.1) is 0 Å². The Morgan fingerprint density at radius 1 is 1.50 bits per heavy atom. The molecule has 0 aromatic carbocycles. The number of nitrogens with zero attached hydrogens (tertiary/aromatic N) is 3. The molecular formula is C13H15N3O4. The zero-order valence-electron chi connectivity index (χ0n) is 10.9. The van der Waals surface area contributed by atoms with Crippen LogP contribution in [0.1, 0.15) is 31.2 Å². The molecule has 1 aromatic heterocycles. The second kappa shape index (κ2) is 6.30. The predicted octanol–water partition coefficient (Wildman–Crippen LogP) is 1.79. The van der Waals surface area contributed by atoms with Gasteiger partial charge in [-0.25, -0.2) is 4.98 Å². The highest BCUT2D eigenvalue weighted by Crippen LogP contribution is 2.32. The summed E-state index contributed by atoms with van der Waals surface area (Å²) in [6.45, 7) is 0.162. The van der Waals surface area contributed by atoms with Gasteiger partial charge in [0.05, 0.1) is 4.92 Å². The summed E-state index contributed by atoms with van der Waals surface area (Å²) in [5, 5.41) is 29.0. The van der Waals surface area contributed by atoms with E-state index in [1.54, 1.807) is 6.07 Å². The summed E-state index contributed by atoms with van der Waals surface area (Å²) in [7, 11) is 0. The molecule has 0 bridgehead atoms. The molecule has 7 nitrogen and oxygen atoms in total. The minimum Gasteiger partial charge on any atom is -0.469 e. The zero-order valence-corrected chi connectivity index (χ0v) is 10.9. The fourth-order valence-corrected chi connectivity index (χ4v) is 2.38. The predicted molar refractivity (Wildman–Crippen MR) is 69.1 cm³/mol. The lowest BCUT2D eigenvalue weighted by molar-refractivity contribution is -0.386. The summed E-state index contributed by atoms with van der Waals surface area (Å²) in [5.74, 6) is 0.185. The van der Waals surface area contributed by atoms with E-state index in [0.29, 0.717) is 0 Å². The number of aromatic nitrogens is 1. The Balaban J connectivity index is 2.14. The van der Waals surface area contributed by atoms with Gasteiger partial charge in [0.15, 0.2) is 0 Å². The van der Waals surface area contributed by atoms with Crippen LogP contribution >= 0.6 is 0 Å². The molecule has 20 heavy (non-hydrogen) atoms. The second-order valence-corrected chi connectivity index (χ2v) is 4.82. The number of nitro groups is 1. The van der Waals surface area contributed by atoms with Gasteiger partial charge in [0, 0.05) is 12.8 Å². The van der Waals surface area contributed by atoms with Gasteiger partial charge in [-0.1, -0.05) is 0 Å². The van der Waals surface area contributed by atoms with Crippen molar-refractivity contribution in [1.29, 1.82) is 5.26 Å². The van der Waals surface area contributed by atoms with Gasteiger partial charge in [-0.2, -0.15) is 5.26 Å². The summed E-state index contributed by atoms with van der Waals surface area (Å²) in [5.41, 5.74) is -0.427. The number of aliphatic hydroxyl groups excluding tert-OH is 1. The molecule has 1 heterocycles. The van der Waals surface area contributed by atoms with Gasteiger partial charge in [-0.3, -0.25) is 10.1 Å². The molecule has 0 atom stereocenters.